The van der Waals surface area contributed by atoms with Crippen LogP contribution >= 0.6 is 11.6 Å². The van der Waals surface area contributed by atoms with E-state index in [4.69, 9.17) is 20.8 Å². The quantitative estimate of drug-likeness (QED) is 0.806. The molecular formula is C16H14ClO5-. The standard InChI is InChI=1S/C16H15ClO5/c1-8(15(18)19)21-14-7-13-11(6-12(14)17)9-4-2-3-5-10(9)16(20)22-13/h6-8H,2-5H2,1H3,(H,18,19)/p-1/t8-/m1/s1. The predicted molar refractivity (Wildman–Crippen MR) is 79.2 cm³/mol. The Bertz CT molecular complexity index is 808. The van der Waals surface area contributed by atoms with Crippen molar-refractivity contribution in [3.8, 4) is 5.75 Å². The van der Waals surface area contributed by atoms with Crippen molar-refractivity contribution in [3.05, 3.63) is 38.7 Å². The molecule has 1 heterocycles. The Morgan fingerprint density at radius 2 is 2.00 bits per heavy atom. The van der Waals surface area contributed by atoms with E-state index < -0.39 is 12.1 Å². The number of hydrogen-bond acceptors (Lipinski definition) is 5. The van der Waals surface area contributed by atoms with Crippen LogP contribution in [0.3, 0.4) is 0 Å². The number of benzene rings is 1. The van der Waals surface area contributed by atoms with Gasteiger partial charge < -0.3 is 19.1 Å². The van der Waals surface area contributed by atoms with Crippen LogP contribution in [-0.2, 0) is 17.6 Å². The van der Waals surface area contributed by atoms with Crippen molar-refractivity contribution in [3.63, 3.8) is 0 Å². The Hall–Kier alpha value is -2.01. The number of fused-ring (bicyclic) bond motifs is 3. The molecule has 5 nitrogen and oxygen atoms in total. The number of halogens is 1. The first kappa shape index (κ1) is 14.9. The van der Waals surface area contributed by atoms with Crippen molar-refractivity contribution in [2.24, 2.45) is 0 Å². The van der Waals surface area contributed by atoms with Crippen molar-refractivity contribution in [1.82, 2.24) is 0 Å². The Morgan fingerprint density at radius 3 is 2.68 bits per heavy atom. The van der Waals surface area contributed by atoms with Gasteiger partial charge in [-0.2, -0.15) is 0 Å². The Morgan fingerprint density at radius 1 is 1.32 bits per heavy atom. The van der Waals surface area contributed by atoms with Crippen LogP contribution < -0.4 is 15.5 Å². The van der Waals surface area contributed by atoms with Gasteiger partial charge in [-0.25, -0.2) is 4.79 Å². The SMILES string of the molecule is C[C@@H](Oc1cc2oc(=O)c3c(c2cc1Cl)CCCC3)C(=O)[O-]. The number of hydrogen-bond donors (Lipinski definition) is 0. The molecule has 6 heteroatoms. The van der Waals surface area contributed by atoms with Crippen molar-refractivity contribution in [1.29, 1.82) is 0 Å². The van der Waals surface area contributed by atoms with Gasteiger partial charge in [-0.15, -0.1) is 0 Å². The second-order valence-corrected chi connectivity index (χ2v) is 5.82. The van der Waals surface area contributed by atoms with Gasteiger partial charge in [0.15, 0.2) is 0 Å². The lowest BCUT2D eigenvalue weighted by Gasteiger charge is -2.19. The number of rotatable bonds is 3. The molecule has 0 saturated heterocycles. The first-order chi connectivity index (χ1) is 10.5. The van der Waals surface area contributed by atoms with Crippen LogP contribution in [0.4, 0.5) is 0 Å². The first-order valence-electron chi connectivity index (χ1n) is 7.13. The van der Waals surface area contributed by atoms with Gasteiger partial charge in [0.05, 0.1) is 11.0 Å². The summed E-state index contributed by atoms with van der Waals surface area (Å²) in [6.07, 6.45) is 2.36. The highest BCUT2D eigenvalue weighted by atomic mass is 35.5. The minimum absolute atomic E-state index is 0.157. The molecule has 1 atom stereocenters. The fourth-order valence-electron chi connectivity index (χ4n) is 2.77. The van der Waals surface area contributed by atoms with Crippen molar-refractivity contribution in [2.45, 2.75) is 38.7 Å². The molecule has 116 valence electrons. The number of aliphatic carboxylic acids is 1. The third-order valence-electron chi connectivity index (χ3n) is 3.91. The van der Waals surface area contributed by atoms with Gasteiger partial charge in [-0.1, -0.05) is 11.6 Å². The number of carboxylic acids is 1. The van der Waals surface area contributed by atoms with Crippen LogP contribution in [0.15, 0.2) is 21.3 Å². The van der Waals surface area contributed by atoms with Gasteiger partial charge in [0, 0.05) is 17.0 Å². The number of carbonyl (C=O) groups excluding carboxylic acids is 1. The van der Waals surface area contributed by atoms with Gasteiger partial charge in [-0.05, 0) is 44.2 Å². The molecule has 0 aliphatic heterocycles. The summed E-state index contributed by atoms with van der Waals surface area (Å²) in [4.78, 5) is 22.8. The summed E-state index contributed by atoms with van der Waals surface area (Å²) >= 11 is 6.18. The summed E-state index contributed by atoms with van der Waals surface area (Å²) in [5.41, 5.74) is 1.70. The Balaban J connectivity index is 2.14. The van der Waals surface area contributed by atoms with Crippen molar-refractivity contribution < 1.29 is 19.1 Å². The Kier molecular flexibility index (Phi) is 3.83. The maximum Gasteiger partial charge on any atom is 0.339 e. The summed E-state index contributed by atoms with van der Waals surface area (Å²) in [5, 5.41) is 11.8. The molecule has 0 N–H and O–H groups in total. The van der Waals surface area contributed by atoms with E-state index in [9.17, 15) is 14.7 Å². The molecule has 0 fully saturated rings. The van der Waals surface area contributed by atoms with E-state index in [2.05, 4.69) is 0 Å². The molecule has 0 radical (unpaired) electrons. The van der Waals surface area contributed by atoms with E-state index in [1.165, 1.54) is 13.0 Å². The second-order valence-electron chi connectivity index (χ2n) is 5.41. The topological polar surface area (TPSA) is 79.6 Å². The smallest absolute Gasteiger partial charge is 0.339 e. The lowest BCUT2D eigenvalue weighted by atomic mass is 9.90. The number of ether oxygens (including phenoxy) is 1. The van der Waals surface area contributed by atoms with E-state index in [0.717, 1.165) is 30.2 Å². The monoisotopic (exact) mass is 321 g/mol. The summed E-state index contributed by atoms with van der Waals surface area (Å²) in [5.74, 6) is -1.19. The van der Waals surface area contributed by atoms with E-state index >= 15 is 0 Å². The molecule has 0 saturated carbocycles. The molecule has 22 heavy (non-hydrogen) atoms. The molecule has 0 unspecified atom stereocenters. The third kappa shape index (κ3) is 2.57. The zero-order valence-corrected chi connectivity index (χ0v) is 12.7. The molecule has 1 aromatic heterocycles. The molecule has 0 spiro atoms. The average molecular weight is 322 g/mol. The first-order valence-corrected chi connectivity index (χ1v) is 7.51. The number of aryl methyl sites for hydroxylation is 1. The zero-order valence-electron chi connectivity index (χ0n) is 12.0. The summed E-state index contributed by atoms with van der Waals surface area (Å²) in [6.45, 7) is 1.35. The molecule has 1 aliphatic carbocycles. The van der Waals surface area contributed by atoms with Crippen LogP contribution in [0.25, 0.3) is 11.0 Å². The number of carbonyl (C=O) groups is 1. The van der Waals surface area contributed by atoms with Crippen LogP contribution in [0, 0.1) is 0 Å². The predicted octanol–water partition coefficient (Wildman–Crippen LogP) is 1.84. The maximum absolute atomic E-state index is 12.1. The van der Waals surface area contributed by atoms with E-state index in [1.807, 2.05) is 0 Å². The van der Waals surface area contributed by atoms with Crippen molar-refractivity contribution >= 4 is 28.5 Å². The van der Waals surface area contributed by atoms with Crippen LogP contribution in [-0.4, -0.2) is 12.1 Å². The average Bonchev–Trinajstić information content (AvgIpc) is 2.49. The summed E-state index contributed by atoms with van der Waals surface area (Å²) in [6, 6.07) is 3.13. The van der Waals surface area contributed by atoms with E-state index in [-0.39, 0.29) is 16.4 Å². The van der Waals surface area contributed by atoms with Gasteiger partial charge in [0.2, 0.25) is 0 Å². The largest absolute Gasteiger partial charge is 0.546 e. The Labute approximate surface area is 131 Å². The van der Waals surface area contributed by atoms with Crippen molar-refractivity contribution in [2.75, 3.05) is 0 Å². The maximum atomic E-state index is 12.1. The third-order valence-corrected chi connectivity index (χ3v) is 4.21. The van der Waals surface area contributed by atoms with Crippen LogP contribution in [0.1, 0.15) is 30.9 Å². The zero-order chi connectivity index (χ0) is 15.9. The molecular weight excluding hydrogens is 308 g/mol. The lowest BCUT2D eigenvalue weighted by Crippen LogP contribution is -2.37. The second kappa shape index (κ2) is 5.65. The van der Waals surface area contributed by atoms with E-state index in [0.29, 0.717) is 17.6 Å². The summed E-state index contributed by atoms with van der Waals surface area (Å²) < 4.78 is 10.6. The van der Waals surface area contributed by atoms with Gasteiger partial charge in [0.1, 0.15) is 17.4 Å². The molecule has 3 rings (SSSR count). The van der Waals surface area contributed by atoms with Gasteiger partial charge in [0.25, 0.3) is 0 Å². The van der Waals surface area contributed by atoms with Gasteiger partial charge >= 0.3 is 5.63 Å². The van der Waals surface area contributed by atoms with Crippen LogP contribution in [0.2, 0.25) is 5.02 Å². The number of carboxylic acid groups (broad SMARTS) is 1. The molecule has 2 aromatic rings. The highest BCUT2D eigenvalue weighted by molar-refractivity contribution is 6.32. The highest BCUT2D eigenvalue weighted by Gasteiger charge is 2.20. The molecule has 1 aromatic carbocycles. The van der Waals surface area contributed by atoms with Gasteiger partial charge in [-0.3, -0.25) is 0 Å². The minimum atomic E-state index is -1.34. The molecule has 1 aliphatic rings. The molecule has 0 bridgehead atoms. The van der Waals surface area contributed by atoms with Crippen LogP contribution in [0.5, 0.6) is 5.75 Å². The normalized spacial score (nSPS) is 15.4. The molecule has 0 amide bonds. The highest BCUT2D eigenvalue weighted by Crippen LogP contribution is 2.34. The minimum Gasteiger partial charge on any atom is -0.546 e. The fourth-order valence-corrected chi connectivity index (χ4v) is 2.98. The lowest BCUT2D eigenvalue weighted by molar-refractivity contribution is -0.312. The van der Waals surface area contributed by atoms with E-state index in [1.54, 1.807) is 6.07 Å². The summed E-state index contributed by atoms with van der Waals surface area (Å²) in [7, 11) is 0. The fraction of sp³-hybridized carbons (Fsp3) is 0.375.